The van der Waals surface area contributed by atoms with Gasteiger partial charge in [-0.1, -0.05) is 61.2 Å². The van der Waals surface area contributed by atoms with Crippen LogP contribution in [0, 0.1) is 5.82 Å². The number of esters is 1. The van der Waals surface area contributed by atoms with Gasteiger partial charge in [0.1, 0.15) is 11.9 Å². The Bertz CT molecular complexity index is 1160. The molecule has 0 bridgehead atoms. The molecule has 0 fully saturated rings. The normalized spacial score (nSPS) is 15.3. The van der Waals surface area contributed by atoms with E-state index in [1.54, 1.807) is 29.8 Å². The molecule has 0 saturated heterocycles. The minimum Gasteiger partial charge on any atom is -0.463 e. The number of anilines is 1. The predicted octanol–water partition coefficient (Wildman–Crippen LogP) is 5.12. The second kappa shape index (κ2) is 9.56. The lowest BCUT2D eigenvalue weighted by molar-refractivity contribution is -0.139. The van der Waals surface area contributed by atoms with Gasteiger partial charge in [-0.3, -0.25) is 0 Å². The molecule has 1 aliphatic heterocycles. The van der Waals surface area contributed by atoms with E-state index in [0.717, 1.165) is 12.0 Å². The summed E-state index contributed by atoms with van der Waals surface area (Å²) in [6.07, 6.45) is 0.928. The summed E-state index contributed by atoms with van der Waals surface area (Å²) in [5.74, 6) is 0.307. The molecule has 0 radical (unpaired) electrons. The highest BCUT2D eigenvalue weighted by molar-refractivity contribution is 7.98. The quantitative estimate of drug-likeness (QED) is 0.396. The van der Waals surface area contributed by atoms with Gasteiger partial charge in [-0.25, -0.2) is 13.9 Å². The smallest absolute Gasteiger partial charge is 0.338 e. The van der Waals surface area contributed by atoms with Gasteiger partial charge in [0, 0.05) is 11.4 Å². The first-order valence-electron chi connectivity index (χ1n) is 10.6. The number of carbonyl (C=O) groups is 1. The summed E-state index contributed by atoms with van der Waals surface area (Å²) in [6.45, 7) is 6.00. The Morgan fingerprint density at radius 3 is 2.62 bits per heavy atom. The lowest BCUT2D eigenvalue weighted by Crippen LogP contribution is -2.29. The number of nitrogens with one attached hydrogen (secondary N) is 1. The molecule has 0 spiro atoms. The number of aromatic nitrogens is 3. The van der Waals surface area contributed by atoms with Gasteiger partial charge in [0.15, 0.2) is 0 Å². The molecule has 6 nitrogen and oxygen atoms in total. The third-order valence-electron chi connectivity index (χ3n) is 5.35. The van der Waals surface area contributed by atoms with Crippen LogP contribution in [0.3, 0.4) is 0 Å². The largest absolute Gasteiger partial charge is 0.463 e. The van der Waals surface area contributed by atoms with Crippen LogP contribution in [-0.2, 0) is 21.7 Å². The molecule has 1 atom stereocenters. The number of thioether (sulfide) groups is 1. The van der Waals surface area contributed by atoms with Crippen molar-refractivity contribution in [3.05, 3.63) is 82.3 Å². The Labute approximate surface area is 190 Å². The summed E-state index contributed by atoms with van der Waals surface area (Å²) in [7, 11) is 0. The molecule has 2 aromatic carbocycles. The van der Waals surface area contributed by atoms with E-state index in [1.165, 1.54) is 23.4 Å². The van der Waals surface area contributed by atoms with E-state index in [-0.39, 0.29) is 18.4 Å². The third-order valence-corrected chi connectivity index (χ3v) is 6.23. The van der Waals surface area contributed by atoms with E-state index in [4.69, 9.17) is 4.74 Å². The predicted molar refractivity (Wildman–Crippen MR) is 123 cm³/mol. The minimum absolute atomic E-state index is 0.252. The Hall–Kier alpha value is -3.13. The Balaban J connectivity index is 1.69. The number of allylic oxidation sites excluding steroid dienone is 1. The highest BCUT2D eigenvalue weighted by Crippen LogP contribution is 2.37. The Morgan fingerprint density at radius 1 is 1.19 bits per heavy atom. The van der Waals surface area contributed by atoms with Crippen LogP contribution in [0.15, 0.2) is 65.0 Å². The van der Waals surface area contributed by atoms with Crippen LogP contribution < -0.4 is 5.32 Å². The van der Waals surface area contributed by atoms with Crippen LogP contribution in [0.25, 0.3) is 0 Å². The standard InChI is InChI=1S/C24H25FN4O2S/c1-4-16-10-12-17(13-11-16)21-20(22(30)31-5-2)15(3)26-23-27-24(28-29(21)23)32-14-18-8-6-7-9-19(18)25/h6-13,21H,4-5,14H2,1-3H3,(H,26,27,28). The molecule has 32 heavy (non-hydrogen) atoms. The van der Waals surface area contributed by atoms with E-state index in [9.17, 15) is 9.18 Å². The van der Waals surface area contributed by atoms with Crippen molar-refractivity contribution < 1.29 is 13.9 Å². The second-order valence-corrected chi connectivity index (χ2v) is 8.37. The maximum absolute atomic E-state index is 14.0. The molecule has 2 heterocycles. The highest BCUT2D eigenvalue weighted by atomic mass is 32.2. The summed E-state index contributed by atoms with van der Waals surface area (Å²) in [6, 6.07) is 14.3. The first kappa shape index (κ1) is 22.1. The number of halogens is 1. The van der Waals surface area contributed by atoms with E-state index < -0.39 is 6.04 Å². The van der Waals surface area contributed by atoms with Crippen LogP contribution in [-0.4, -0.2) is 27.3 Å². The van der Waals surface area contributed by atoms with Crippen LogP contribution >= 0.6 is 11.8 Å². The number of hydrogen-bond donors (Lipinski definition) is 1. The van der Waals surface area contributed by atoms with Crippen molar-refractivity contribution in [2.24, 2.45) is 0 Å². The second-order valence-electron chi connectivity index (χ2n) is 7.42. The van der Waals surface area contributed by atoms with Crippen molar-refractivity contribution in [3.63, 3.8) is 0 Å². The van der Waals surface area contributed by atoms with E-state index in [0.29, 0.717) is 33.7 Å². The SMILES string of the molecule is CCOC(=O)C1=C(C)Nc2nc(SCc3ccccc3F)nn2C1c1ccc(CC)cc1. The molecule has 0 saturated carbocycles. The molecular formula is C24H25FN4O2S. The monoisotopic (exact) mass is 452 g/mol. The molecule has 0 aliphatic carbocycles. The summed E-state index contributed by atoms with van der Waals surface area (Å²) in [5.41, 5.74) is 3.90. The fraction of sp³-hybridized carbons (Fsp3) is 0.292. The zero-order chi connectivity index (χ0) is 22.7. The number of carbonyl (C=O) groups excluding carboxylic acids is 1. The number of fused-ring (bicyclic) bond motifs is 1. The topological polar surface area (TPSA) is 69.0 Å². The van der Waals surface area contributed by atoms with Gasteiger partial charge in [0.05, 0.1) is 12.2 Å². The zero-order valence-electron chi connectivity index (χ0n) is 18.3. The van der Waals surface area contributed by atoms with Gasteiger partial charge in [-0.05, 0) is 43.0 Å². The number of hydrogen-bond acceptors (Lipinski definition) is 6. The molecule has 1 unspecified atom stereocenters. The Morgan fingerprint density at radius 2 is 1.94 bits per heavy atom. The molecule has 1 N–H and O–H groups in total. The summed E-state index contributed by atoms with van der Waals surface area (Å²) < 4.78 is 21.1. The fourth-order valence-electron chi connectivity index (χ4n) is 3.67. The molecule has 3 aromatic rings. The first-order chi connectivity index (χ1) is 15.5. The van der Waals surface area contributed by atoms with Crippen LogP contribution in [0.4, 0.5) is 10.3 Å². The molecule has 0 amide bonds. The zero-order valence-corrected chi connectivity index (χ0v) is 19.1. The van der Waals surface area contributed by atoms with Gasteiger partial charge in [0.25, 0.3) is 0 Å². The van der Waals surface area contributed by atoms with Crippen molar-refractivity contribution in [2.75, 3.05) is 11.9 Å². The van der Waals surface area contributed by atoms with Gasteiger partial charge >= 0.3 is 5.97 Å². The maximum atomic E-state index is 14.0. The van der Waals surface area contributed by atoms with Crippen molar-refractivity contribution in [3.8, 4) is 0 Å². The van der Waals surface area contributed by atoms with Gasteiger partial charge < -0.3 is 10.1 Å². The van der Waals surface area contributed by atoms with E-state index in [1.807, 2.05) is 19.1 Å². The van der Waals surface area contributed by atoms with Crippen molar-refractivity contribution in [2.45, 2.75) is 44.1 Å². The van der Waals surface area contributed by atoms with Crippen LogP contribution in [0.2, 0.25) is 0 Å². The average Bonchev–Trinajstić information content (AvgIpc) is 3.20. The number of benzene rings is 2. The fourth-order valence-corrected chi connectivity index (χ4v) is 4.48. The lowest BCUT2D eigenvalue weighted by Gasteiger charge is -2.28. The average molecular weight is 453 g/mol. The van der Waals surface area contributed by atoms with Crippen LogP contribution in [0.1, 0.15) is 43.5 Å². The van der Waals surface area contributed by atoms with E-state index >= 15 is 0 Å². The number of rotatable bonds is 7. The molecular weight excluding hydrogens is 427 g/mol. The van der Waals surface area contributed by atoms with Crippen molar-refractivity contribution >= 4 is 23.7 Å². The summed E-state index contributed by atoms with van der Waals surface area (Å²) in [4.78, 5) is 17.4. The van der Waals surface area contributed by atoms with Gasteiger partial charge in [-0.15, -0.1) is 5.10 Å². The number of aryl methyl sites for hydroxylation is 1. The summed E-state index contributed by atoms with van der Waals surface area (Å²) >= 11 is 1.35. The molecule has 166 valence electrons. The van der Waals surface area contributed by atoms with Crippen molar-refractivity contribution in [1.82, 2.24) is 14.8 Å². The third kappa shape index (κ3) is 4.41. The number of ether oxygens (including phenoxy) is 1. The molecule has 1 aromatic heterocycles. The maximum Gasteiger partial charge on any atom is 0.338 e. The van der Waals surface area contributed by atoms with Crippen molar-refractivity contribution in [1.29, 1.82) is 0 Å². The first-order valence-corrected chi connectivity index (χ1v) is 11.6. The lowest BCUT2D eigenvalue weighted by atomic mass is 9.95. The van der Waals surface area contributed by atoms with Crippen LogP contribution in [0.5, 0.6) is 0 Å². The highest BCUT2D eigenvalue weighted by Gasteiger charge is 2.35. The molecule has 4 rings (SSSR count). The summed E-state index contributed by atoms with van der Waals surface area (Å²) in [5, 5.41) is 8.35. The molecule has 1 aliphatic rings. The van der Waals surface area contributed by atoms with Gasteiger partial charge in [0.2, 0.25) is 11.1 Å². The molecule has 8 heteroatoms. The minimum atomic E-state index is -0.466. The van der Waals surface area contributed by atoms with Gasteiger partial charge in [-0.2, -0.15) is 4.98 Å². The number of nitrogens with zero attached hydrogens (tertiary/aromatic N) is 3. The van der Waals surface area contributed by atoms with E-state index in [2.05, 4.69) is 34.5 Å². The Kier molecular flexibility index (Phi) is 6.60.